The van der Waals surface area contributed by atoms with Crippen LogP contribution in [0.5, 0.6) is 0 Å². The molecule has 1 fully saturated rings. The molecule has 0 aliphatic carbocycles. The second-order valence-corrected chi connectivity index (χ2v) is 7.37. The average Bonchev–Trinajstić information content (AvgIpc) is 2.43. The highest BCUT2D eigenvalue weighted by Crippen LogP contribution is 2.26. The van der Waals surface area contributed by atoms with Crippen LogP contribution in [0.25, 0.3) is 0 Å². The Hall–Kier alpha value is -1.54. The molecule has 0 N–H and O–H groups in total. The van der Waals surface area contributed by atoms with Crippen LogP contribution in [0.4, 0.5) is 0 Å². The van der Waals surface area contributed by atoms with E-state index in [1.54, 1.807) is 0 Å². The lowest BCUT2D eigenvalue weighted by Gasteiger charge is -2.35. The number of thioether (sulfide) groups is 1. The highest BCUT2D eigenvalue weighted by molar-refractivity contribution is 8.00. The first-order chi connectivity index (χ1) is 10.4. The molecule has 0 saturated carbocycles. The third kappa shape index (κ3) is 4.01. The number of rotatable bonds is 3. The van der Waals surface area contributed by atoms with E-state index in [1.165, 1.54) is 18.2 Å². The standard InChI is InChI=1S/C17H23N3OS/c1-11-5-12(2)9-20(8-11)16(21)10-22-17-15(7-18)13(3)6-14(4)19-17/h6,11-12H,5,8-10H2,1-4H3. The summed E-state index contributed by atoms with van der Waals surface area (Å²) in [7, 11) is 0. The molecule has 0 bridgehead atoms. The summed E-state index contributed by atoms with van der Waals surface area (Å²) in [6, 6.07) is 4.10. The van der Waals surface area contributed by atoms with Gasteiger partial charge in [-0.2, -0.15) is 5.26 Å². The zero-order chi connectivity index (χ0) is 16.3. The average molecular weight is 317 g/mol. The van der Waals surface area contributed by atoms with Gasteiger partial charge in [-0.25, -0.2) is 4.98 Å². The Balaban J connectivity index is 2.04. The van der Waals surface area contributed by atoms with E-state index < -0.39 is 0 Å². The normalized spacial score (nSPS) is 21.5. The van der Waals surface area contributed by atoms with Crippen LogP contribution in [0.2, 0.25) is 0 Å². The summed E-state index contributed by atoms with van der Waals surface area (Å²) in [6.45, 7) is 9.90. The van der Waals surface area contributed by atoms with Gasteiger partial charge < -0.3 is 4.90 Å². The molecular formula is C17H23N3OS. The lowest BCUT2D eigenvalue weighted by Crippen LogP contribution is -2.43. The van der Waals surface area contributed by atoms with Gasteiger partial charge in [0.25, 0.3) is 0 Å². The van der Waals surface area contributed by atoms with E-state index in [9.17, 15) is 10.1 Å². The van der Waals surface area contributed by atoms with Crippen LogP contribution >= 0.6 is 11.8 Å². The first-order valence-corrected chi connectivity index (χ1v) is 8.68. The Morgan fingerprint density at radius 1 is 1.41 bits per heavy atom. The maximum Gasteiger partial charge on any atom is 0.233 e. The largest absolute Gasteiger partial charge is 0.341 e. The fourth-order valence-electron chi connectivity index (χ4n) is 3.13. The number of pyridine rings is 1. The molecule has 2 rings (SSSR count). The molecule has 5 heteroatoms. The van der Waals surface area contributed by atoms with Gasteiger partial charge in [0.05, 0.1) is 11.3 Å². The molecule has 118 valence electrons. The SMILES string of the molecule is Cc1cc(C)c(C#N)c(SCC(=O)N2CC(C)CC(C)C2)n1. The van der Waals surface area contributed by atoms with Crippen molar-refractivity contribution in [3.05, 3.63) is 22.9 Å². The molecule has 2 heterocycles. The number of amides is 1. The first-order valence-electron chi connectivity index (χ1n) is 7.69. The summed E-state index contributed by atoms with van der Waals surface area (Å²) >= 11 is 1.38. The predicted octanol–water partition coefficient (Wildman–Crippen LogP) is 3.17. The van der Waals surface area contributed by atoms with Crippen molar-refractivity contribution in [1.82, 2.24) is 9.88 Å². The molecule has 0 spiro atoms. The summed E-state index contributed by atoms with van der Waals surface area (Å²) in [5, 5.41) is 9.95. The zero-order valence-electron chi connectivity index (χ0n) is 13.7. The third-order valence-corrected chi connectivity index (χ3v) is 4.94. The Morgan fingerprint density at radius 2 is 2.05 bits per heavy atom. The molecule has 2 atom stereocenters. The highest BCUT2D eigenvalue weighted by atomic mass is 32.2. The number of piperidine rings is 1. The quantitative estimate of drug-likeness (QED) is 0.804. The van der Waals surface area contributed by atoms with Gasteiger partial charge in [0, 0.05) is 18.8 Å². The molecule has 22 heavy (non-hydrogen) atoms. The van der Waals surface area contributed by atoms with Gasteiger partial charge in [0.1, 0.15) is 11.1 Å². The fraction of sp³-hybridized carbons (Fsp3) is 0.588. The molecule has 0 aromatic carbocycles. The number of aryl methyl sites for hydroxylation is 2. The molecule has 1 saturated heterocycles. The van der Waals surface area contributed by atoms with E-state index in [-0.39, 0.29) is 5.91 Å². The van der Waals surface area contributed by atoms with E-state index in [0.29, 0.717) is 28.2 Å². The smallest absolute Gasteiger partial charge is 0.233 e. The molecule has 4 nitrogen and oxygen atoms in total. The molecular weight excluding hydrogens is 294 g/mol. The Morgan fingerprint density at radius 3 is 2.64 bits per heavy atom. The van der Waals surface area contributed by atoms with E-state index in [1.807, 2.05) is 24.8 Å². The molecule has 0 radical (unpaired) electrons. The van der Waals surface area contributed by atoms with Crippen LogP contribution in [-0.4, -0.2) is 34.6 Å². The van der Waals surface area contributed by atoms with E-state index in [0.717, 1.165) is 24.3 Å². The van der Waals surface area contributed by atoms with Gasteiger partial charge in [-0.05, 0) is 43.7 Å². The minimum atomic E-state index is 0.147. The van der Waals surface area contributed by atoms with Gasteiger partial charge in [-0.3, -0.25) is 4.79 Å². The summed E-state index contributed by atoms with van der Waals surface area (Å²) in [4.78, 5) is 18.8. The molecule has 1 aromatic rings. The van der Waals surface area contributed by atoms with Crippen LogP contribution in [0.1, 0.15) is 37.1 Å². The number of likely N-dealkylation sites (tertiary alicyclic amines) is 1. The Bertz CT molecular complexity index is 599. The first kappa shape index (κ1) is 16.8. The van der Waals surface area contributed by atoms with Gasteiger partial charge >= 0.3 is 0 Å². The zero-order valence-corrected chi connectivity index (χ0v) is 14.5. The number of nitrogens with zero attached hydrogens (tertiary/aromatic N) is 3. The summed E-state index contributed by atoms with van der Waals surface area (Å²) in [5.41, 5.74) is 2.39. The minimum Gasteiger partial charge on any atom is -0.341 e. The van der Waals surface area contributed by atoms with Gasteiger partial charge in [-0.15, -0.1) is 0 Å². The van der Waals surface area contributed by atoms with Crippen LogP contribution < -0.4 is 0 Å². The van der Waals surface area contributed by atoms with E-state index in [4.69, 9.17) is 0 Å². The minimum absolute atomic E-state index is 0.147. The number of nitriles is 1. The molecule has 1 amide bonds. The van der Waals surface area contributed by atoms with Gasteiger partial charge in [-0.1, -0.05) is 25.6 Å². The van der Waals surface area contributed by atoms with Crippen LogP contribution in [0.3, 0.4) is 0 Å². The lowest BCUT2D eigenvalue weighted by molar-refractivity contribution is -0.130. The van der Waals surface area contributed by atoms with Gasteiger partial charge in [0.15, 0.2) is 0 Å². The topological polar surface area (TPSA) is 57.0 Å². The van der Waals surface area contributed by atoms with Crippen molar-refractivity contribution in [2.75, 3.05) is 18.8 Å². The van der Waals surface area contributed by atoms with E-state index >= 15 is 0 Å². The Kier molecular flexibility index (Phi) is 5.47. The van der Waals surface area contributed by atoms with Crippen molar-refractivity contribution in [3.8, 4) is 6.07 Å². The van der Waals surface area contributed by atoms with E-state index in [2.05, 4.69) is 24.9 Å². The number of carbonyl (C=O) groups is 1. The van der Waals surface area contributed by atoms with Crippen molar-refractivity contribution in [3.63, 3.8) is 0 Å². The van der Waals surface area contributed by atoms with Crippen molar-refractivity contribution >= 4 is 17.7 Å². The van der Waals surface area contributed by atoms with Crippen molar-refractivity contribution in [2.45, 2.75) is 39.1 Å². The maximum absolute atomic E-state index is 12.4. The van der Waals surface area contributed by atoms with Gasteiger partial charge in [0.2, 0.25) is 5.91 Å². The number of carbonyl (C=O) groups excluding carboxylic acids is 1. The summed E-state index contributed by atoms with van der Waals surface area (Å²) < 4.78 is 0. The molecule has 2 unspecified atom stereocenters. The number of hydrogen-bond donors (Lipinski definition) is 0. The van der Waals surface area contributed by atoms with Crippen molar-refractivity contribution in [1.29, 1.82) is 5.26 Å². The van der Waals surface area contributed by atoms with Crippen molar-refractivity contribution in [2.24, 2.45) is 11.8 Å². The monoisotopic (exact) mass is 317 g/mol. The molecule has 1 aliphatic rings. The fourth-order valence-corrected chi connectivity index (χ4v) is 4.13. The number of hydrogen-bond acceptors (Lipinski definition) is 4. The predicted molar refractivity (Wildman–Crippen MR) is 88.7 cm³/mol. The second kappa shape index (κ2) is 7.15. The molecule has 1 aliphatic heterocycles. The van der Waals surface area contributed by atoms with Crippen molar-refractivity contribution < 1.29 is 4.79 Å². The number of aromatic nitrogens is 1. The third-order valence-electron chi connectivity index (χ3n) is 3.98. The summed E-state index contributed by atoms with van der Waals surface area (Å²) in [6.07, 6.45) is 1.19. The highest BCUT2D eigenvalue weighted by Gasteiger charge is 2.25. The van der Waals surface area contributed by atoms with Crippen LogP contribution in [0.15, 0.2) is 11.1 Å². The summed E-state index contributed by atoms with van der Waals surface area (Å²) in [5.74, 6) is 1.62. The molecule has 1 aromatic heterocycles. The van der Waals surface area contributed by atoms with Crippen LogP contribution in [0, 0.1) is 37.0 Å². The second-order valence-electron chi connectivity index (χ2n) is 6.41. The maximum atomic E-state index is 12.4. The lowest BCUT2D eigenvalue weighted by atomic mass is 9.92. The van der Waals surface area contributed by atoms with Crippen LogP contribution in [-0.2, 0) is 4.79 Å². The Labute approximate surface area is 136 Å².